The first-order valence-electron chi connectivity index (χ1n) is 6.94. The van der Waals surface area contributed by atoms with E-state index in [-0.39, 0.29) is 11.9 Å². The number of nitrogens with zero attached hydrogens (tertiary/aromatic N) is 2. The van der Waals surface area contributed by atoms with Crippen molar-refractivity contribution in [3.63, 3.8) is 0 Å². The van der Waals surface area contributed by atoms with Crippen LogP contribution in [0.15, 0.2) is 24.4 Å². The van der Waals surface area contributed by atoms with Crippen molar-refractivity contribution < 1.29 is 9.18 Å². The van der Waals surface area contributed by atoms with E-state index in [9.17, 15) is 9.18 Å². The lowest BCUT2D eigenvalue weighted by Gasteiger charge is -2.27. The van der Waals surface area contributed by atoms with Crippen LogP contribution in [0, 0.1) is 5.82 Å². The predicted octanol–water partition coefficient (Wildman–Crippen LogP) is 1.67. The molecule has 1 amide bonds. The molecule has 0 bridgehead atoms. The predicted molar refractivity (Wildman–Crippen MR) is 80.5 cm³/mol. The molecule has 21 heavy (non-hydrogen) atoms. The number of aromatic nitrogens is 1. The Kier molecular flexibility index (Phi) is 3.37. The van der Waals surface area contributed by atoms with Crippen LogP contribution in [0.1, 0.15) is 12.8 Å². The molecule has 1 aromatic carbocycles. The van der Waals surface area contributed by atoms with Crippen LogP contribution < -0.4 is 16.0 Å². The first-order chi connectivity index (χ1) is 10.1. The summed E-state index contributed by atoms with van der Waals surface area (Å²) >= 11 is 0. The molecule has 110 valence electrons. The van der Waals surface area contributed by atoms with E-state index in [2.05, 4.69) is 10.3 Å². The van der Waals surface area contributed by atoms with Crippen molar-refractivity contribution in [3.8, 4) is 0 Å². The van der Waals surface area contributed by atoms with Gasteiger partial charge in [0, 0.05) is 30.9 Å². The van der Waals surface area contributed by atoms with Gasteiger partial charge in [-0.3, -0.25) is 9.78 Å². The van der Waals surface area contributed by atoms with Gasteiger partial charge in [-0.1, -0.05) is 0 Å². The summed E-state index contributed by atoms with van der Waals surface area (Å²) in [4.78, 5) is 18.1. The van der Waals surface area contributed by atoms with Crippen molar-refractivity contribution in [3.05, 3.63) is 30.2 Å². The van der Waals surface area contributed by atoms with Crippen molar-refractivity contribution in [2.75, 3.05) is 24.2 Å². The number of nitrogens with one attached hydrogen (secondary N) is 1. The number of benzene rings is 1. The molecule has 3 N–H and O–H groups in total. The third kappa shape index (κ3) is 2.16. The molecule has 2 heterocycles. The number of rotatable bonds is 2. The van der Waals surface area contributed by atoms with Crippen LogP contribution in [0.3, 0.4) is 0 Å². The molecule has 1 unspecified atom stereocenters. The Morgan fingerprint density at radius 1 is 1.57 bits per heavy atom. The van der Waals surface area contributed by atoms with Crippen molar-refractivity contribution in [1.29, 1.82) is 0 Å². The van der Waals surface area contributed by atoms with Crippen molar-refractivity contribution >= 4 is 28.2 Å². The molecule has 1 fully saturated rings. The topological polar surface area (TPSA) is 71.2 Å². The zero-order valence-electron chi connectivity index (χ0n) is 11.8. The number of nitrogens with two attached hydrogens (primary N) is 1. The number of likely N-dealkylation sites (N-methyl/N-ethyl adjacent to an activating group) is 1. The largest absolute Gasteiger partial charge is 0.398 e. The van der Waals surface area contributed by atoms with E-state index >= 15 is 0 Å². The molecular formula is C15H17FN4O. The molecule has 1 saturated heterocycles. The number of fused-ring (bicyclic) bond motifs is 1. The number of amides is 1. The first-order valence-corrected chi connectivity index (χ1v) is 6.94. The molecule has 1 atom stereocenters. The number of nitrogen functional groups attached to an aromatic ring is 1. The molecule has 1 aliphatic rings. The summed E-state index contributed by atoms with van der Waals surface area (Å²) in [5.74, 6) is -0.540. The van der Waals surface area contributed by atoms with Gasteiger partial charge in [0.1, 0.15) is 11.7 Å². The van der Waals surface area contributed by atoms with Crippen molar-refractivity contribution in [1.82, 2.24) is 10.3 Å². The number of anilines is 2. The molecule has 2 aromatic rings. The Hall–Kier alpha value is -2.37. The lowest BCUT2D eigenvalue weighted by Crippen LogP contribution is -2.42. The van der Waals surface area contributed by atoms with Crippen molar-refractivity contribution in [2.45, 2.75) is 18.9 Å². The number of carbonyl (C=O) groups is 1. The maximum absolute atomic E-state index is 14.5. The number of hydrogen-bond donors (Lipinski definition) is 2. The van der Waals surface area contributed by atoms with Gasteiger partial charge in [0.2, 0.25) is 5.91 Å². The van der Waals surface area contributed by atoms with Gasteiger partial charge in [0.25, 0.3) is 0 Å². The van der Waals surface area contributed by atoms with Crippen LogP contribution >= 0.6 is 0 Å². The van der Waals surface area contributed by atoms with E-state index < -0.39 is 5.82 Å². The Morgan fingerprint density at radius 3 is 3.14 bits per heavy atom. The zero-order chi connectivity index (χ0) is 15.0. The van der Waals surface area contributed by atoms with E-state index in [0.717, 1.165) is 6.42 Å². The van der Waals surface area contributed by atoms with Gasteiger partial charge >= 0.3 is 0 Å². The molecule has 1 aromatic heterocycles. The number of halogens is 1. The third-order valence-corrected chi connectivity index (χ3v) is 3.94. The standard InChI is InChI=1S/C15H17FN4O/c1-18-15(21)12-5-3-7-20(12)14-10(16)8-11(17)9-4-2-6-19-13(9)14/h2,4,6,8,12H,3,5,7,17H2,1H3,(H,18,21). The molecule has 3 rings (SSSR count). The van der Waals surface area contributed by atoms with Gasteiger partial charge in [-0.25, -0.2) is 4.39 Å². The zero-order valence-corrected chi connectivity index (χ0v) is 11.8. The van der Waals surface area contributed by atoms with Gasteiger partial charge in [-0.15, -0.1) is 0 Å². The van der Waals surface area contributed by atoms with E-state index in [1.165, 1.54) is 6.07 Å². The second kappa shape index (κ2) is 5.20. The van der Waals surface area contributed by atoms with Crippen LogP contribution in [-0.4, -0.2) is 30.5 Å². The quantitative estimate of drug-likeness (QED) is 0.825. The second-order valence-corrected chi connectivity index (χ2v) is 5.16. The van der Waals surface area contributed by atoms with Gasteiger partial charge in [0.15, 0.2) is 5.82 Å². The number of pyridine rings is 1. The highest BCUT2D eigenvalue weighted by molar-refractivity contribution is 6.00. The molecule has 0 aliphatic carbocycles. The fourth-order valence-corrected chi connectivity index (χ4v) is 2.97. The van der Waals surface area contributed by atoms with Gasteiger partial charge in [-0.05, 0) is 31.0 Å². The Balaban J connectivity index is 2.18. The average Bonchev–Trinajstić information content (AvgIpc) is 2.96. The molecule has 0 saturated carbocycles. The van der Waals surface area contributed by atoms with Crippen LogP contribution in [0.2, 0.25) is 0 Å². The average molecular weight is 288 g/mol. The summed E-state index contributed by atoms with van der Waals surface area (Å²) in [5, 5.41) is 3.34. The summed E-state index contributed by atoms with van der Waals surface area (Å²) in [6.45, 7) is 0.630. The fraction of sp³-hybridized carbons (Fsp3) is 0.333. The monoisotopic (exact) mass is 288 g/mol. The first kappa shape index (κ1) is 13.6. The van der Waals surface area contributed by atoms with Gasteiger partial charge in [0.05, 0.1) is 5.52 Å². The summed E-state index contributed by atoms with van der Waals surface area (Å²) in [6, 6.07) is 4.52. The van der Waals surface area contributed by atoms with Crippen LogP contribution in [0.4, 0.5) is 15.8 Å². The Bertz CT molecular complexity index is 703. The normalized spacial score (nSPS) is 18.2. The van der Waals surface area contributed by atoms with E-state index in [1.807, 2.05) is 6.07 Å². The molecule has 0 radical (unpaired) electrons. The van der Waals surface area contributed by atoms with Crippen LogP contribution in [-0.2, 0) is 4.79 Å². The highest BCUT2D eigenvalue weighted by atomic mass is 19.1. The number of carbonyl (C=O) groups excluding carboxylic acids is 1. The Morgan fingerprint density at radius 2 is 2.38 bits per heavy atom. The molecule has 1 aliphatic heterocycles. The van der Waals surface area contributed by atoms with Crippen LogP contribution in [0.5, 0.6) is 0 Å². The van der Waals surface area contributed by atoms with Crippen molar-refractivity contribution in [2.24, 2.45) is 0 Å². The fourth-order valence-electron chi connectivity index (χ4n) is 2.97. The molecular weight excluding hydrogens is 271 g/mol. The lowest BCUT2D eigenvalue weighted by atomic mass is 10.1. The highest BCUT2D eigenvalue weighted by Gasteiger charge is 2.33. The molecule has 0 spiro atoms. The second-order valence-electron chi connectivity index (χ2n) is 5.16. The summed E-state index contributed by atoms with van der Waals surface area (Å²) in [5.41, 5.74) is 7.10. The summed E-state index contributed by atoms with van der Waals surface area (Å²) < 4.78 is 14.5. The smallest absolute Gasteiger partial charge is 0.242 e. The molecule has 5 nitrogen and oxygen atoms in total. The van der Waals surface area contributed by atoms with E-state index in [4.69, 9.17) is 5.73 Å². The minimum Gasteiger partial charge on any atom is -0.398 e. The lowest BCUT2D eigenvalue weighted by molar-refractivity contribution is -0.121. The SMILES string of the molecule is CNC(=O)C1CCCN1c1c(F)cc(N)c2cccnc12. The maximum atomic E-state index is 14.5. The summed E-state index contributed by atoms with van der Waals surface area (Å²) in [7, 11) is 1.59. The minimum absolute atomic E-state index is 0.104. The number of hydrogen-bond acceptors (Lipinski definition) is 4. The van der Waals surface area contributed by atoms with Gasteiger partial charge in [-0.2, -0.15) is 0 Å². The minimum atomic E-state index is -0.436. The van der Waals surface area contributed by atoms with E-state index in [0.29, 0.717) is 35.2 Å². The van der Waals surface area contributed by atoms with Gasteiger partial charge < -0.3 is 16.0 Å². The van der Waals surface area contributed by atoms with E-state index in [1.54, 1.807) is 24.2 Å². The highest BCUT2D eigenvalue weighted by Crippen LogP contribution is 2.36. The third-order valence-electron chi connectivity index (χ3n) is 3.94. The Labute approximate surface area is 121 Å². The maximum Gasteiger partial charge on any atom is 0.242 e. The summed E-state index contributed by atoms with van der Waals surface area (Å²) in [6.07, 6.45) is 3.16. The van der Waals surface area contributed by atoms with Crippen LogP contribution in [0.25, 0.3) is 10.9 Å². The molecule has 6 heteroatoms.